The third kappa shape index (κ3) is 4.23. The van der Waals surface area contributed by atoms with E-state index in [4.69, 9.17) is 12.2 Å². The molecular weight excluding hydrogens is 366 g/mol. The number of nitro benzene ring substituents is 1. The number of nitro groups is 1. The lowest BCUT2D eigenvalue weighted by Crippen LogP contribution is -2.28. The summed E-state index contributed by atoms with van der Waals surface area (Å²) in [7, 11) is 0. The molecule has 0 atom stereocenters. The highest BCUT2D eigenvalue weighted by atomic mass is 32.1. The molecule has 0 radical (unpaired) electrons. The molecule has 0 aliphatic heterocycles. The van der Waals surface area contributed by atoms with Crippen molar-refractivity contribution in [1.29, 1.82) is 0 Å². The monoisotopic (exact) mass is 383 g/mol. The van der Waals surface area contributed by atoms with Crippen molar-refractivity contribution >= 4 is 51.5 Å². The maximum Gasteiger partial charge on any atom is 0.292 e. The minimum absolute atomic E-state index is 0.0312. The van der Waals surface area contributed by atoms with Crippen LogP contribution in [0.3, 0.4) is 0 Å². The second-order valence-corrected chi connectivity index (χ2v) is 6.04. The molecule has 1 aromatic carbocycles. The minimum atomic E-state index is -0.439. The van der Waals surface area contributed by atoms with E-state index in [1.54, 1.807) is 31.2 Å². The van der Waals surface area contributed by atoms with Crippen molar-refractivity contribution in [3.8, 4) is 0 Å². The Labute approximate surface area is 160 Å². The molecule has 3 rings (SSSR count). The zero-order valence-electron chi connectivity index (χ0n) is 14.7. The third-order valence-electron chi connectivity index (χ3n) is 3.69. The lowest BCUT2D eigenvalue weighted by molar-refractivity contribution is -0.384. The fourth-order valence-corrected chi connectivity index (χ4v) is 2.69. The molecule has 9 nitrogen and oxygen atoms in total. The molecule has 0 spiro atoms. The fraction of sp³-hybridized carbons (Fsp3) is 0.176. The number of rotatable bonds is 5. The van der Waals surface area contributed by atoms with Crippen molar-refractivity contribution in [2.24, 2.45) is 0 Å². The van der Waals surface area contributed by atoms with Gasteiger partial charge in [-0.2, -0.15) is 0 Å². The largest absolute Gasteiger partial charge is 0.363 e. The van der Waals surface area contributed by atoms with Crippen LogP contribution in [0.2, 0.25) is 0 Å². The highest BCUT2D eigenvalue weighted by molar-refractivity contribution is 7.80. The molecule has 0 bridgehead atoms. The Kier molecular flexibility index (Phi) is 5.36. The van der Waals surface area contributed by atoms with Crippen LogP contribution < -0.4 is 16.0 Å². The zero-order chi connectivity index (χ0) is 19.4. The van der Waals surface area contributed by atoms with Gasteiger partial charge in [0.2, 0.25) is 0 Å². The summed E-state index contributed by atoms with van der Waals surface area (Å²) in [5.74, 6) is 0.889. The standard InChI is InChI=1S/C17H17N7O2S/c1-3-18-17(27)23-13-8-7-11-16(21-13)22-14(9-19-11)20-15-10(2)5-4-6-12(15)24(25)26/h4-9H,3H2,1-2H3,(H3,18,20,21,22,23,27). The summed E-state index contributed by atoms with van der Waals surface area (Å²) in [6, 6.07) is 8.38. The molecule has 3 aromatic rings. The first-order valence-electron chi connectivity index (χ1n) is 8.17. The maximum atomic E-state index is 11.3. The molecule has 3 N–H and O–H groups in total. The lowest BCUT2D eigenvalue weighted by atomic mass is 10.1. The molecule has 0 saturated carbocycles. The summed E-state index contributed by atoms with van der Waals surface area (Å²) in [4.78, 5) is 23.9. The number of para-hydroxylation sites is 1. The Balaban J connectivity index is 1.92. The Morgan fingerprint density at radius 3 is 2.74 bits per heavy atom. The summed E-state index contributed by atoms with van der Waals surface area (Å²) >= 11 is 5.15. The topological polar surface area (TPSA) is 118 Å². The van der Waals surface area contributed by atoms with Crippen LogP contribution in [0.1, 0.15) is 12.5 Å². The minimum Gasteiger partial charge on any atom is -0.363 e. The number of pyridine rings is 1. The van der Waals surface area contributed by atoms with Gasteiger partial charge in [-0.05, 0) is 43.8 Å². The van der Waals surface area contributed by atoms with Gasteiger partial charge >= 0.3 is 0 Å². The molecule has 2 aromatic heterocycles. The van der Waals surface area contributed by atoms with Crippen LogP contribution in [0.25, 0.3) is 11.2 Å². The molecule has 0 fully saturated rings. The average molecular weight is 383 g/mol. The number of nitrogens with one attached hydrogen (secondary N) is 3. The molecule has 0 aliphatic carbocycles. The van der Waals surface area contributed by atoms with Gasteiger partial charge in [0.15, 0.2) is 16.6 Å². The molecular formula is C17H17N7O2S. The van der Waals surface area contributed by atoms with Crippen molar-refractivity contribution in [3.63, 3.8) is 0 Å². The number of hydrogen-bond donors (Lipinski definition) is 3. The van der Waals surface area contributed by atoms with E-state index in [1.807, 2.05) is 6.92 Å². The van der Waals surface area contributed by atoms with Crippen LogP contribution in [0.4, 0.5) is 23.0 Å². The van der Waals surface area contributed by atoms with Gasteiger partial charge in [-0.25, -0.2) is 15.0 Å². The van der Waals surface area contributed by atoms with Crippen LogP contribution in [0.15, 0.2) is 36.5 Å². The van der Waals surface area contributed by atoms with Crippen LogP contribution in [-0.2, 0) is 0 Å². The Morgan fingerprint density at radius 1 is 1.22 bits per heavy atom. The molecule has 10 heteroatoms. The number of aryl methyl sites for hydroxylation is 1. The summed E-state index contributed by atoms with van der Waals surface area (Å²) in [6.07, 6.45) is 1.51. The number of aromatic nitrogens is 3. The van der Waals surface area contributed by atoms with E-state index in [-0.39, 0.29) is 5.69 Å². The van der Waals surface area contributed by atoms with E-state index in [0.29, 0.717) is 40.1 Å². The molecule has 0 aliphatic rings. The van der Waals surface area contributed by atoms with Crippen molar-refractivity contribution in [3.05, 3.63) is 52.2 Å². The number of nitrogens with zero attached hydrogens (tertiary/aromatic N) is 4. The smallest absolute Gasteiger partial charge is 0.292 e. The molecule has 0 saturated heterocycles. The van der Waals surface area contributed by atoms with Gasteiger partial charge in [-0.3, -0.25) is 10.1 Å². The lowest BCUT2D eigenvalue weighted by Gasteiger charge is -2.10. The number of thiocarbonyl (C=S) groups is 1. The molecule has 27 heavy (non-hydrogen) atoms. The summed E-state index contributed by atoms with van der Waals surface area (Å²) < 4.78 is 0. The van der Waals surface area contributed by atoms with E-state index in [0.717, 1.165) is 5.56 Å². The first-order chi connectivity index (χ1) is 13.0. The van der Waals surface area contributed by atoms with Crippen molar-refractivity contribution in [2.45, 2.75) is 13.8 Å². The van der Waals surface area contributed by atoms with Crippen LogP contribution in [0, 0.1) is 17.0 Å². The number of benzene rings is 1. The second kappa shape index (κ2) is 7.87. The second-order valence-electron chi connectivity index (χ2n) is 5.63. The summed E-state index contributed by atoms with van der Waals surface area (Å²) in [5, 5.41) is 20.7. The predicted octanol–water partition coefficient (Wildman–Crippen LogP) is 3.29. The SMILES string of the molecule is CCNC(=S)Nc1ccc2ncc(Nc3c(C)cccc3[N+](=O)[O-])nc2n1. The number of anilines is 3. The van der Waals surface area contributed by atoms with Crippen LogP contribution in [0.5, 0.6) is 0 Å². The third-order valence-corrected chi connectivity index (χ3v) is 3.93. The predicted molar refractivity (Wildman–Crippen MR) is 108 cm³/mol. The van der Waals surface area contributed by atoms with Crippen LogP contribution >= 0.6 is 12.2 Å². The Hall–Kier alpha value is -3.40. The summed E-state index contributed by atoms with van der Waals surface area (Å²) in [5.41, 5.74) is 2.06. The Morgan fingerprint density at radius 2 is 2.00 bits per heavy atom. The molecule has 2 heterocycles. The van der Waals surface area contributed by atoms with Gasteiger partial charge in [-0.15, -0.1) is 0 Å². The van der Waals surface area contributed by atoms with Gasteiger partial charge < -0.3 is 16.0 Å². The first kappa shape index (κ1) is 18.4. The average Bonchev–Trinajstić information content (AvgIpc) is 2.63. The molecule has 0 amide bonds. The van der Waals surface area contributed by atoms with E-state index < -0.39 is 4.92 Å². The Bertz CT molecular complexity index is 1030. The van der Waals surface area contributed by atoms with Gasteiger partial charge in [0, 0.05) is 12.6 Å². The highest BCUT2D eigenvalue weighted by Gasteiger charge is 2.16. The maximum absolute atomic E-state index is 11.3. The summed E-state index contributed by atoms with van der Waals surface area (Å²) in [6.45, 7) is 4.42. The van der Waals surface area contributed by atoms with Gasteiger partial charge in [0.25, 0.3) is 5.69 Å². The molecule has 138 valence electrons. The number of fused-ring (bicyclic) bond motifs is 1. The van der Waals surface area contributed by atoms with E-state index in [9.17, 15) is 10.1 Å². The normalized spacial score (nSPS) is 10.4. The molecule has 0 unspecified atom stereocenters. The first-order valence-corrected chi connectivity index (χ1v) is 8.58. The van der Waals surface area contributed by atoms with Crippen molar-refractivity contribution < 1.29 is 4.92 Å². The highest BCUT2D eigenvalue weighted by Crippen LogP contribution is 2.30. The van der Waals surface area contributed by atoms with E-state index in [1.165, 1.54) is 12.3 Å². The van der Waals surface area contributed by atoms with Crippen LogP contribution in [-0.4, -0.2) is 31.5 Å². The van der Waals surface area contributed by atoms with E-state index in [2.05, 4.69) is 30.9 Å². The number of hydrogen-bond acceptors (Lipinski definition) is 7. The van der Waals surface area contributed by atoms with E-state index >= 15 is 0 Å². The zero-order valence-corrected chi connectivity index (χ0v) is 15.5. The van der Waals surface area contributed by atoms with Crippen molar-refractivity contribution in [2.75, 3.05) is 17.2 Å². The van der Waals surface area contributed by atoms with Gasteiger partial charge in [-0.1, -0.05) is 12.1 Å². The fourth-order valence-electron chi connectivity index (χ4n) is 2.44. The quantitative estimate of drug-likeness (QED) is 0.346. The van der Waals surface area contributed by atoms with Gasteiger partial charge in [0.1, 0.15) is 17.0 Å². The van der Waals surface area contributed by atoms with Gasteiger partial charge in [0.05, 0.1) is 11.1 Å². The van der Waals surface area contributed by atoms with Crippen molar-refractivity contribution in [1.82, 2.24) is 20.3 Å².